The third-order valence-corrected chi connectivity index (χ3v) is 3.33. The molecule has 21 heavy (non-hydrogen) atoms. The number of hydrogen-bond acceptors (Lipinski definition) is 7. The molecule has 11 heteroatoms. The van der Waals surface area contributed by atoms with Crippen LogP contribution in [0.15, 0.2) is 0 Å². The Morgan fingerprint density at radius 3 is 1.52 bits per heavy atom. The molecule has 0 heterocycles. The molecule has 0 amide bonds. The summed E-state index contributed by atoms with van der Waals surface area (Å²) in [5, 5.41) is 39.5. The summed E-state index contributed by atoms with van der Waals surface area (Å²) in [5.41, 5.74) is -1.71. The van der Waals surface area contributed by atoms with Crippen LogP contribution in [0, 0.1) is 0 Å². The van der Waals surface area contributed by atoms with Gasteiger partial charge in [-0.15, -0.1) is 0 Å². The van der Waals surface area contributed by atoms with Crippen LogP contribution in [-0.4, -0.2) is 63.7 Å². The molecular weight excluding hydrogens is 332 g/mol. The summed E-state index contributed by atoms with van der Waals surface area (Å²) in [6.45, 7) is -2.95. The summed E-state index contributed by atoms with van der Waals surface area (Å²) in [5.74, 6) is -6.34. The Morgan fingerprint density at radius 1 is 0.952 bits per heavy atom. The van der Waals surface area contributed by atoms with E-state index >= 15 is 0 Å². The Hall–Kier alpha value is -1.68. The third-order valence-electron chi connectivity index (χ3n) is 3.33. The number of carbonyl (C=O) groups is 4. The van der Waals surface area contributed by atoms with Gasteiger partial charge in [0, 0.05) is 29.9 Å². The predicted molar refractivity (Wildman–Crippen MR) is 57.1 cm³/mol. The first-order valence-corrected chi connectivity index (χ1v) is 5.36. The van der Waals surface area contributed by atoms with Gasteiger partial charge in [0.2, 0.25) is 0 Å². The standard InChI is InChI=1S/C10H13NO8.Fe.H3N/c12-6(13)3-11(4-7(14)15,5-8(16)17)10(1-2-10)9(18)19;;/h1-5H2,(H3-,12,13,14,15,16,17,18,19);;1H3/p-1. The SMILES string of the molecule is N.O=C([O-])C[N+](CC(=O)[O-])(CC(=O)O)C1(C(=O)O)CC1.[Fe]. The first-order chi connectivity index (χ1) is 8.65. The molecule has 1 fully saturated rings. The van der Waals surface area contributed by atoms with E-state index in [-0.39, 0.29) is 36.1 Å². The first-order valence-electron chi connectivity index (χ1n) is 5.36. The van der Waals surface area contributed by atoms with Crippen LogP contribution in [0.2, 0.25) is 0 Å². The Labute approximate surface area is 130 Å². The van der Waals surface area contributed by atoms with Gasteiger partial charge in [0.1, 0.15) is 13.1 Å². The molecule has 0 radical (unpaired) electrons. The number of hydrogen-bond donors (Lipinski definition) is 3. The van der Waals surface area contributed by atoms with Crippen LogP contribution < -0.4 is 16.4 Å². The van der Waals surface area contributed by atoms with Crippen molar-refractivity contribution in [1.82, 2.24) is 6.15 Å². The number of nitrogens with zero attached hydrogens (tertiary/aromatic N) is 1. The van der Waals surface area contributed by atoms with Gasteiger partial charge < -0.3 is 36.2 Å². The topological polar surface area (TPSA) is 190 Å². The fourth-order valence-corrected chi connectivity index (χ4v) is 2.38. The fourth-order valence-electron chi connectivity index (χ4n) is 2.38. The van der Waals surface area contributed by atoms with Crippen molar-refractivity contribution in [3.05, 3.63) is 0 Å². The van der Waals surface area contributed by atoms with E-state index in [2.05, 4.69) is 0 Å². The van der Waals surface area contributed by atoms with E-state index < -0.39 is 53.5 Å². The molecule has 10 nitrogen and oxygen atoms in total. The molecule has 5 N–H and O–H groups in total. The molecule has 0 aromatic rings. The maximum absolute atomic E-state index is 11.2. The largest absolute Gasteiger partial charge is 0.544 e. The van der Waals surface area contributed by atoms with Crippen molar-refractivity contribution >= 4 is 23.9 Å². The number of carboxylic acids is 4. The number of carbonyl (C=O) groups excluding carboxylic acids is 2. The van der Waals surface area contributed by atoms with E-state index in [9.17, 15) is 29.4 Å². The molecule has 0 atom stereocenters. The van der Waals surface area contributed by atoms with Gasteiger partial charge in [-0.3, -0.25) is 4.48 Å². The third kappa shape index (κ3) is 4.39. The molecule has 1 rings (SSSR count). The Bertz CT molecular complexity index is 408. The summed E-state index contributed by atoms with van der Waals surface area (Å²) in [6.07, 6.45) is 0.0202. The molecule has 1 aliphatic rings. The van der Waals surface area contributed by atoms with E-state index in [1.807, 2.05) is 0 Å². The first kappa shape index (κ1) is 21.6. The zero-order chi connectivity index (χ0) is 14.8. The van der Waals surface area contributed by atoms with Crippen molar-refractivity contribution in [1.29, 1.82) is 0 Å². The summed E-state index contributed by atoms with van der Waals surface area (Å²) >= 11 is 0. The van der Waals surface area contributed by atoms with E-state index in [1.54, 1.807) is 0 Å². The molecule has 0 spiro atoms. The fraction of sp³-hybridized carbons (Fsp3) is 0.600. The molecule has 0 aliphatic heterocycles. The maximum atomic E-state index is 11.2. The molecule has 0 saturated heterocycles. The van der Waals surface area contributed by atoms with Crippen molar-refractivity contribution in [2.24, 2.45) is 0 Å². The van der Waals surface area contributed by atoms with Gasteiger partial charge in [0.25, 0.3) is 0 Å². The second kappa shape index (κ2) is 7.36. The van der Waals surface area contributed by atoms with Crippen molar-refractivity contribution in [2.45, 2.75) is 18.4 Å². The molecule has 0 aromatic heterocycles. The Morgan fingerprint density at radius 2 is 1.33 bits per heavy atom. The van der Waals surface area contributed by atoms with Crippen LogP contribution >= 0.6 is 0 Å². The second-order valence-electron chi connectivity index (χ2n) is 4.59. The van der Waals surface area contributed by atoms with E-state index in [0.29, 0.717) is 0 Å². The molecule has 0 unspecified atom stereocenters. The number of carboxylic acid groups (broad SMARTS) is 4. The van der Waals surface area contributed by atoms with Gasteiger partial charge in [-0.2, -0.15) is 0 Å². The van der Waals surface area contributed by atoms with Crippen LogP contribution in [-0.2, 0) is 36.2 Å². The summed E-state index contributed by atoms with van der Waals surface area (Å²) in [7, 11) is 0. The number of aliphatic carboxylic acids is 4. The summed E-state index contributed by atoms with van der Waals surface area (Å²) in [4.78, 5) is 43.6. The Balaban J connectivity index is 0. The Kier molecular flexibility index (Phi) is 7.58. The van der Waals surface area contributed by atoms with Crippen LogP contribution in [0.1, 0.15) is 12.8 Å². The molecule has 0 bridgehead atoms. The minimum Gasteiger partial charge on any atom is -0.544 e. The van der Waals surface area contributed by atoms with E-state index in [0.717, 1.165) is 0 Å². The zero-order valence-corrected chi connectivity index (χ0v) is 12.0. The van der Waals surface area contributed by atoms with Crippen molar-refractivity contribution in [3.8, 4) is 0 Å². The van der Waals surface area contributed by atoms with Crippen molar-refractivity contribution < 1.29 is 61.2 Å². The minimum absolute atomic E-state index is 0. The van der Waals surface area contributed by atoms with E-state index in [4.69, 9.17) is 10.2 Å². The van der Waals surface area contributed by atoms with Gasteiger partial charge in [-0.25, -0.2) is 9.59 Å². The smallest absolute Gasteiger partial charge is 0.365 e. The summed E-state index contributed by atoms with van der Waals surface area (Å²) < 4.78 is -1.14. The van der Waals surface area contributed by atoms with Crippen LogP contribution in [0.25, 0.3) is 0 Å². The van der Waals surface area contributed by atoms with Gasteiger partial charge in [-0.05, 0) is 0 Å². The van der Waals surface area contributed by atoms with Gasteiger partial charge >= 0.3 is 11.9 Å². The monoisotopic (exact) mass is 347 g/mol. The molecule has 122 valence electrons. The van der Waals surface area contributed by atoms with Crippen LogP contribution in [0.5, 0.6) is 0 Å². The minimum atomic E-state index is -1.71. The van der Waals surface area contributed by atoms with Gasteiger partial charge in [-0.1, -0.05) is 0 Å². The molecule has 1 saturated carbocycles. The average molecular weight is 347 g/mol. The second-order valence-corrected chi connectivity index (χ2v) is 4.59. The number of quaternary nitrogens is 1. The van der Waals surface area contributed by atoms with Crippen LogP contribution in [0.3, 0.4) is 0 Å². The molecule has 0 aromatic carbocycles. The summed E-state index contributed by atoms with van der Waals surface area (Å²) in [6, 6.07) is 0. The quantitative estimate of drug-likeness (QED) is 0.291. The van der Waals surface area contributed by atoms with Crippen LogP contribution in [0.4, 0.5) is 0 Å². The van der Waals surface area contributed by atoms with E-state index in [1.165, 1.54) is 0 Å². The zero-order valence-electron chi connectivity index (χ0n) is 10.9. The normalized spacial score (nSPS) is 15.0. The van der Waals surface area contributed by atoms with Gasteiger partial charge in [0.15, 0.2) is 12.1 Å². The molecular formula is C10H15FeN2O8-. The van der Waals surface area contributed by atoms with Crippen molar-refractivity contribution in [3.63, 3.8) is 0 Å². The number of rotatable bonds is 8. The molecule has 1 aliphatic carbocycles. The average Bonchev–Trinajstić information content (AvgIpc) is 2.93. The predicted octanol–water partition coefficient (Wildman–Crippen LogP) is -3.84. The van der Waals surface area contributed by atoms with Crippen molar-refractivity contribution in [2.75, 3.05) is 19.6 Å². The van der Waals surface area contributed by atoms with Gasteiger partial charge in [0.05, 0.1) is 11.9 Å². The maximum Gasteiger partial charge on any atom is 0.365 e.